The van der Waals surface area contributed by atoms with Gasteiger partial charge in [0.15, 0.2) is 0 Å². The van der Waals surface area contributed by atoms with Crippen molar-refractivity contribution < 1.29 is 0 Å². The van der Waals surface area contributed by atoms with Gasteiger partial charge in [-0.15, -0.1) is 0 Å². The van der Waals surface area contributed by atoms with Crippen LogP contribution in [0.5, 0.6) is 0 Å². The van der Waals surface area contributed by atoms with Crippen molar-refractivity contribution in [3.63, 3.8) is 0 Å². The zero-order valence-corrected chi connectivity index (χ0v) is 14.5. The zero-order valence-electron chi connectivity index (χ0n) is 13.7. The summed E-state index contributed by atoms with van der Waals surface area (Å²) in [6, 6.07) is 3.23. The number of hydrogen-bond acceptors (Lipinski definition) is 4. The minimum atomic E-state index is 0.489. The molecular weight excluding hydrogens is 266 g/mol. The van der Waals surface area contributed by atoms with E-state index in [1.807, 2.05) is 18.0 Å². The van der Waals surface area contributed by atoms with E-state index < -0.39 is 0 Å². The molecule has 1 aromatic heterocycles. The molecule has 1 rings (SSSR count). The normalized spacial score (nSPS) is 12.8. The molecule has 114 valence electrons. The third-order valence-electron chi connectivity index (χ3n) is 3.58. The summed E-state index contributed by atoms with van der Waals surface area (Å²) in [6.45, 7) is 9.58. The first kappa shape index (κ1) is 17.3. The van der Waals surface area contributed by atoms with Crippen molar-refractivity contribution in [3.05, 3.63) is 23.5 Å². The molecule has 0 amide bonds. The minimum Gasteiger partial charge on any atom is -0.371 e. The summed E-state index contributed by atoms with van der Waals surface area (Å²) in [5.41, 5.74) is 3.67. The van der Waals surface area contributed by atoms with Gasteiger partial charge in [-0.3, -0.25) is 4.98 Å². The number of aromatic nitrogens is 1. The van der Waals surface area contributed by atoms with Gasteiger partial charge in [0.1, 0.15) is 0 Å². The largest absolute Gasteiger partial charge is 0.371 e. The quantitative estimate of drug-likeness (QED) is 0.795. The molecule has 20 heavy (non-hydrogen) atoms. The van der Waals surface area contributed by atoms with Crippen LogP contribution in [-0.4, -0.2) is 36.1 Å². The first-order valence-corrected chi connectivity index (χ1v) is 8.75. The third-order valence-corrected chi connectivity index (χ3v) is 4.22. The van der Waals surface area contributed by atoms with Crippen LogP contribution in [0, 0.1) is 6.92 Å². The smallest absolute Gasteiger partial charge is 0.0445 e. The van der Waals surface area contributed by atoms with E-state index >= 15 is 0 Å². The molecule has 1 atom stereocenters. The van der Waals surface area contributed by atoms with Gasteiger partial charge in [-0.25, -0.2) is 0 Å². The maximum Gasteiger partial charge on any atom is 0.0445 e. The standard InChI is InChI=1S/C16H29N3S/c1-12(2)17-10-15-11-18-13(3)9-16(15)19(5)14(4)7-8-20-6/h9,11-12,14,17H,7-8,10H2,1-6H3. The second kappa shape index (κ2) is 8.53. The highest BCUT2D eigenvalue weighted by Gasteiger charge is 2.14. The van der Waals surface area contributed by atoms with Gasteiger partial charge >= 0.3 is 0 Å². The Morgan fingerprint density at radius 2 is 2.05 bits per heavy atom. The molecular formula is C16H29N3S. The fourth-order valence-electron chi connectivity index (χ4n) is 2.07. The first-order valence-electron chi connectivity index (χ1n) is 7.36. The predicted molar refractivity (Wildman–Crippen MR) is 91.8 cm³/mol. The maximum atomic E-state index is 4.45. The van der Waals surface area contributed by atoms with Crippen molar-refractivity contribution in [3.8, 4) is 0 Å². The molecule has 4 heteroatoms. The van der Waals surface area contributed by atoms with Gasteiger partial charge in [0, 0.05) is 48.8 Å². The highest BCUT2D eigenvalue weighted by atomic mass is 32.2. The van der Waals surface area contributed by atoms with Crippen molar-refractivity contribution in [2.45, 2.75) is 52.7 Å². The molecule has 0 spiro atoms. The SMILES string of the molecule is CSCCC(C)N(C)c1cc(C)ncc1CNC(C)C. The summed E-state index contributed by atoms with van der Waals surface area (Å²) in [7, 11) is 2.19. The van der Waals surface area contributed by atoms with Crippen LogP contribution in [0.15, 0.2) is 12.3 Å². The number of anilines is 1. The topological polar surface area (TPSA) is 28.2 Å². The molecule has 3 nitrogen and oxygen atoms in total. The number of thioether (sulfide) groups is 1. The van der Waals surface area contributed by atoms with Gasteiger partial charge in [-0.1, -0.05) is 13.8 Å². The highest BCUT2D eigenvalue weighted by Crippen LogP contribution is 2.23. The Kier molecular flexibility index (Phi) is 7.38. The molecule has 1 heterocycles. The lowest BCUT2D eigenvalue weighted by molar-refractivity contribution is 0.584. The third kappa shape index (κ3) is 5.33. The molecule has 0 radical (unpaired) electrons. The lowest BCUT2D eigenvalue weighted by Crippen LogP contribution is -2.31. The fraction of sp³-hybridized carbons (Fsp3) is 0.688. The molecule has 0 aliphatic heterocycles. The van der Waals surface area contributed by atoms with Gasteiger partial charge in [-0.05, 0) is 38.3 Å². The lowest BCUT2D eigenvalue weighted by atomic mass is 10.1. The molecule has 0 aliphatic carbocycles. The summed E-state index contributed by atoms with van der Waals surface area (Å²) in [4.78, 5) is 6.84. The number of nitrogens with one attached hydrogen (secondary N) is 1. The lowest BCUT2D eigenvalue weighted by Gasteiger charge is -2.29. The summed E-state index contributed by atoms with van der Waals surface area (Å²) < 4.78 is 0. The molecule has 0 aromatic carbocycles. The van der Waals surface area contributed by atoms with E-state index in [9.17, 15) is 0 Å². The molecule has 0 saturated carbocycles. The Morgan fingerprint density at radius 1 is 1.35 bits per heavy atom. The second-order valence-electron chi connectivity index (χ2n) is 5.73. The van der Waals surface area contributed by atoms with E-state index in [0.717, 1.165) is 12.2 Å². The molecule has 1 N–H and O–H groups in total. The van der Waals surface area contributed by atoms with E-state index in [-0.39, 0.29) is 0 Å². The van der Waals surface area contributed by atoms with E-state index in [1.165, 1.54) is 23.4 Å². The zero-order chi connectivity index (χ0) is 15.1. The average molecular weight is 295 g/mol. The summed E-state index contributed by atoms with van der Waals surface area (Å²) in [5, 5.41) is 3.49. The molecule has 0 saturated heterocycles. The first-order chi connectivity index (χ1) is 9.45. The van der Waals surface area contributed by atoms with E-state index in [0.29, 0.717) is 12.1 Å². The Bertz CT molecular complexity index is 407. The summed E-state index contributed by atoms with van der Waals surface area (Å²) in [5.74, 6) is 1.20. The van der Waals surface area contributed by atoms with Gasteiger partial charge in [-0.2, -0.15) is 11.8 Å². The van der Waals surface area contributed by atoms with Crippen LogP contribution in [0.25, 0.3) is 0 Å². The van der Waals surface area contributed by atoms with E-state index in [2.05, 4.69) is 62.3 Å². The van der Waals surface area contributed by atoms with Crippen LogP contribution in [0.4, 0.5) is 5.69 Å². The van der Waals surface area contributed by atoms with Crippen LogP contribution in [0.1, 0.15) is 38.4 Å². The molecule has 1 unspecified atom stereocenters. The minimum absolute atomic E-state index is 0.489. The average Bonchev–Trinajstić information content (AvgIpc) is 2.42. The summed E-state index contributed by atoms with van der Waals surface area (Å²) in [6.07, 6.45) is 5.38. The molecule has 1 aromatic rings. The Hall–Kier alpha value is -0.740. The Balaban J connectivity index is 2.86. The fourth-order valence-corrected chi connectivity index (χ4v) is 2.65. The van der Waals surface area contributed by atoms with Crippen molar-refractivity contribution in [2.75, 3.05) is 24.0 Å². The molecule has 0 fully saturated rings. The van der Waals surface area contributed by atoms with Gasteiger partial charge in [0.2, 0.25) is 0 Å². The number of rotatable bonds is 8. The Morgan fingerprint density at radius 3 is 2.65 bits per heavy atom. The second-order valence-corrected chi connectivity index (χ2v) is 6.72. The number of aryl methyl sites for hydroxylation is 1. The number of pyridine rings is 1. The maximum absolute atomic E-state index is 4.45. The summed E-state index contributed by atoms with van der Waals surface area (Å²) >= 11 is 1.91. The van der Waals surface area contributed by atoms with Crippen LogP contribution < -0.4 is 10.2 Å². The monoisotopic (exact) mass is 295 g/mol. The van der Waals surface area contributed by atoms with Crippen LogP contribution in [0.3, 0.4) is 0 Å². The number of hydrogen-bond donors (Lipinski definition) is 1. The van der Waals surface area contributed by atoms with Crippen molar-refractivity contribution >= 4 is 17.4 Å². The van der Waals surface area contributed by atoms with Gasteiger partial charge in [0.25, 0.3) is 0 Å². The van der Waals surface area contributed by atoms with Crippen LogP contribution in [-0.2, 0) is 6.54 Å². The van der Waals surface area contributed by atoms with Gasteiger partial charge < -0.3 is 10.2 Å². The van der Waals surface area contributed by atoms with Crippen molar-refractivity contribution in [2.24, 2.45) is 0 Å². The van der Waals surface area contributed by atoms with E-state index in [1.54, 1.807) is 0 Å². The van der Waals surface area contributed by atoms with Crippen molar-refractivity contribution in [1.29, 1.82) is 0 Å². The van der Waals surface area contributed by atoms with Crippen molar-refractivity contribution in [1.82, 2.24) is 10.3 Å². The predicted octanol–water partition coefficient (Wildman–Crippen LogP) is 3.47. The highest BCUT2D eigenvalue weighted by molar-refractivity contribution is 7.98. The van der Waals surface area contributed by atoms with Crippen LogP contribution >= 0.6 is 11.8 Å². The molecule has 0 bridgehead atoms. The van der Waals surface area contributed by atoms with E-state index in [4.69, 9.17) is 0 Å². The van der Waals surface area contributed by atoms with Crippen LogP contribution in [0.2, 0.25) is 0 Å². The Labute approximate surface area is 128 Å². The number of nitrogens with zero attached hydrogens (tertiary/aromatic N) is 2. The van der Waals surface area contributed by atoms with Gasteiger partial charge in [0.05, 0.1) is 0 Å². The molecule has 0 aliphatic rings.